The van der Waals surface area contributed by atoms with Crippen LogP contribution in [0.4, 0.5) is 0 Å². The Morgan fingerprint density at radius 3 is 2.50 bits per heavy atom. The van der Waals surface area contributed by atoms with Crippen LogP contribution in [0.3, 0.4) is 0 Å². The molecule has 0 aliphatic carbocycles. The van der Waals surface area contributed by atoms with Gasteiger partial charge in [-0.05, 0) is 18.3 Å². The van der Waals surface area contributed by atoms with Gasteiger partial charge in [0.2, 0.25) is 5.91 Å². The normalized spacial score (nSPS) is 26.2. The highest BCUT2D eigenvalue weighted by Crippen LogP contribution is 2.30. The standard InChI is InChI=1S/C9H18N2O/c1-9(2,3)7-5-4-6-8(12)11(7)10/h7H,4-6,10H2,1-3H3. The van der Waals surface area contributed by atoms with Gasteiger partial charge in [-0.2, -0.15) is 0 Å². The molecule has 1 heterocycles. The van der Waals surface area contributed by atoms with Crippen molar-refractivity contribution in [2.75, 3.05) is 0 Å². The zero-order valence-electron chi connectivity index (χ0n) is 8.13. The smallest absolute Gasteiger partial charge is 0.236 e. The zero-order chi connectivity index (χ0) is 9.35. The largest absolute Gasteiger partial charge is 0.277 e. The molecule has 12 heavy (non-hydrogen) atoms. The van der Waals surface area contributed by atoms with E-state index in [1.165, 1.54) is 5.01 Å². The Morgan fingerprint density at radius 2 is 2.08 bits per heavy atom. The monoisotopic (exact) mass is 170 g/mol. The average Bonchev–Trinajstić information content (AvgIpc) is 1.92. The third kappa shape index (κ3) is 1.78. The Kier molecular flexibility index (Phi) is 2.42. The van der Waals surface area contributed by atoms with Crippen LogP contribution in [0.2, 0.25) is 0 Å². The average molecular weight is 170 g/mol. The van der Waals surface area contributed by atoms with E-state index in [-0.39, 0.29) is 17.4 Å². The lowest BCUT2D eigenvalue weighted by Crippen LogP contribution is -2.53. The topological polar surface area (TPSA) is 46.3 Å². The minimum absolute atomic E-state index is 0.0844. The van der Waals surface area contributed by atoms with Crippen LogP contribution in [0.15, 0.2) is 0 Å². The molecule has 1 saturated heterocycles. The van der Waals surface area contributed by atoms with Crippen molar-refractivity contribution >= 4 is 5.91 Å². The Hall–Kier alpha value is -0.570. The minimum Gasteiger partial charge on any atom is -0.277 e. The first kappa shape index (κ1) is 9.52. The van der Waals surface area contributed by atoms with E-state index >= 15 is 0 Å². The molecule has 1 aliphatic heterocycles. The highest BCUT2D eigenvalue weighted by molar-refractivity contribution is 5.76. The van der Waals surface area contributed by atoms with Crippen molar-refractivity contribution in [3.63, 3.8) is 0 Å². The van der Waals surface area contributed by atoms with Gasteiger partial charge in [-0.3, -0.25) is 9.80 Å². The van der Waals surface area contributed by atoms with E-state index in [2.05, 4.69) is 20.8 Å². The van der Waals surface area contributed by atoms with Crippen molar-refractivity contribution in [2.24, 2.45) is 11.3 Å². The Labute approximate surface area is 73.9 Å². The number of nitrogens with two attached hydrogens (primary N) is 1. The zero-order valence-corrected chi connectivity index (χ0v) is 8.13. The van der Waals surface area contributed by atoms with Crippen LogP contribution in [0.25, 0.3) is 0 Å². The fourth-order valence-corrected chi connectivity index (χ4v) is 1.74. The maximum atomic E-state index is 11.3. The first-order chi connectivity index (χ1) is 5.43. The van der Waals surface area contributed by atoms with E-state index in [0.717, 1.165) is 12.8 Å². The van der Waals surface area contributed by atoms with Gasteiger partial charge in [0, 0.05) is 6.42 Å². The van der Waals surface area contributed by atoms with Crippen molar-refractivity contribution in [3.8, 4) is 0 Å². The number of amides is 1. The van der Waals surface area contributed by atoms with Gasteiger partial charge in [0.05, 0.1) is 6.04 Å². The summed E-state index contributed by atoms with van der Waals surface area (Å²) < 4.78 is 0. The predicted octanol–water partition coefficient (Wildman–Crippen LogP) is 1.29. The third-order valence-corrected chi connectivity index (χ3v) is 2.49. The number of hydrogen-bond donors (Lipinski definition) is 1. The van der Waals surface area contributed by atoms with Gasteiger partial charge >= 0.3 is 0 Å². The van der Waals surface area contributed by atoms with Crippen molar-refractivity contribution in [3.05, 3.63) is 0 Å². The molecule has 70 valence electrons. The molecule has 1 unspecified atom stereocenters. The molecule has 1 aliphatic rings. The third-order valence-electron chi connectivity index (χ3n) is 2.49. The van der Waals surface area contributed by atoms with Gasteiger partial charge in [-0.25, -0.2) is 5.84 Å². The van der Waals surface area contributed by atoms with Crippen molar-refractivity contribution < 1.29 is 4.79 Å². The summed E-state index contributed by atoms with van der Waals surface area (Å²) in [5.74, 6) is 5.78. The van der Waals surface area contributed by atoms with E-state index in [1.807, 2.05) is 0 Å². The van der Waals surface area contributed by atoms with Crippen LogP contribution in [0.5, 0.6) is 0 Å². The van der Waals surface area contributed by atoms with E-state index in [0.29, 0.717) is 6.42 Å². The maximum Gasteiger partial charge on any atom is 0.236 e. The first-order valence-electron chi connectivity index (χ1n) is 4.49. The number of hydrogen-bond acceptors (Lipinski definition) is 2. The molecule has 3 heteroatoms. The summed E-state index contributed by atoms with van der Waals surface area (Å²) in [6.45, 7) is 6.36. The number of carbonyl (C=O) groups is 1. The van der Waals surface area contributed by atoms with Gasteiger partial charge < -0.3 is 0 Å². The molecule has 1 fully saturated rings. The van der Waals surface area contributed by atoms with Crippen molar-refractivity contribution in [1.82, 2.24) is 5.01 Å². The molecule has 2 N–H and O–H groups in total. The first-order valence-corrected chi connectivity index (χ1v) is 4.49. The van der Waals surface area contributed by atoms with Crippen LogP contribution in [0.1, 0.15) is 40.0 Å². The Bertz CT molecular complexity index is 183. The van der Waals surface area contributed by atoms with E-state index in [4.69, 9.17) is 5.84 Å². The molecule has 0 aromatic rings. The summed E-state index contributed by atoms with van der Waals surface area (Å²) in [5, 5.41) is 1.42. The predicted molar refractivity (Wildman–Crippen MR) is 48.1 cm³/mol. The molecule has 0 aromatic heterocycles. The molecule has 0 aromatic carbocycles. The fraction of sp³-hybridized carbons (Fsp3) is 0.889. The number of rotatable bonds is 0. The van der Waals surface area contributed by atoms with Gasteiger partial charge in [0.1, 0.15) is 0 Å². The SMILES string of the molecule is CC(C)(C)C1CCCC(=O)N1N. The highest BCUT2D eigenvalue weighted by atomic mass is 16.2. The molecule has 0 saturated carbocycles. The summed E-state index contributed by atoms with van der Waals surface area (Å²) in [7, 11) is 0. The second kappa shape index (κ2) is 3.05. The van der Waals surface area contributed by atoms with Gasteiger partial charge in [0.25, 0.3) is 0 Å². The molecular formula is C9H18N2O. The van der Waals surface area contributed by atoms with Gasteiger partial charge in [-0.1, -0.05) is 20.8 Å². The molecule has 1 amide bonds. The molecule has 1 rings (SSSR count). The molecule has 3 nitrogen and oxygen atoms in total. The van der Waals surface area contributed by atoms with Crippen LogP contribution in [-0.2, 0) is 4.79 Å². The fourth-order valence-electron chi connectivity index (χ4n) is 1.74. The number of piperidine rings is 1. The summed E-state index contributed by atoms with van der Waals surface area (Å²) >= 11 is 0. The lowest BCUT2D eigenvalue weighted by molar-refractivity contribution is -0.139. The van der Waals surface area contributed by atoms with E-state index in [1.54, 1.807) is 0 Å². The molecule has 0 radical (unpaired) electrons. The number of nitrogens with zero attached hydrogens (tertiary/aromatic N) is 1. The molecular weight excluding hydrogens is 152 g/mol. The maximum absolute atomic E-state index is 11.3. The lowest BCUT2D eigenvalue weighted by atomic mass is 9.81. The van der Waals surface area contributed by atoms with Crippen LogP contribution < -0.4 is 5.84 Å². The highest BCUT2D eigenvalue weighted by Gasteiger charge is 2.34. The second-order valence-corrected chi connectivity index (χ2v) is 4.58. The van der Waals surface area contributed by atoms with Crippen molar-refractivity contribution in [2.45, 2.75) is 46.1 Å². The quantitative estimate of drug-likeness (QED) is 0.440. The molecule has 0 bridgehead atoms. The summed E-state index contributed by atoms with van der Waals surface area (Å²) in [6.07, 6.45) is 2.63. The molecule has 0 spiro atoms. The summed E-state index contributed by atoms with van der Waals surface area (Å²) in [5.41, 5.74) is 0.102. The van der Waals surface area contributed by atoms with Crippen molar-refractivity contribution in [1.29, 1.82) is 0 Å². The Balaban J connectivity index is 2.70. The van der Waals surface area contributed by atoms with Crippen LogP contribution in [-0.4, -0.2) is 17.0 Å². The summed E-state index contributed by atoms with van der Waals surface area (Å²) in [6, 6.07) is 0.207. The van der Waals surface area contributed by atoms with Gasteiger partial charge in [0.15, 0.2) is 0 Å². The second-order valence-electron chi connectivity index (χ2n) is 4.58. The minimum atomic E-state index is 0.0844. The van der Waals surface area contributed by atoms with E-state index in [9.17, 15) is 4.79 Å². The number of carbonyl (C=O) groups excluding carboxylic acids is 1. The van der Waals surface area contributed by atoms with Crippen LogP contribution >= 0.6 is 0 Å². The summed E-state index contributed by atoms with van der Waals surface area (Å²) in [4.78, 5) is 11.3. The molecule has 1 atom stereocenters. The van der Waals surface area contributed by atoms with E-state index < -0.39 is 0 Å². The van der Waals surface area contributed by atoms with Gasteiger partial charge in [-0.15, -0.1) is 0 Å². The van der Waals surface area contributed by atoms with Crippen LogP contribution in [0, 0.1) is 5.41 Å². The number of hydrazine groups is 1. The lowest BCUT2D eigenvalue weighted by Gasteiger charge is -2.40. The Morgan fingerprint density at radius 1 is 1.50 bits per heavy atom.